The van der Waals surface area contributed by atoms with Gasteiger partial charge in [0.1, 0.15) is 15.6 Å². The Kier molecular flexibility index (Phi) is 7.06. The van der Waals surface area contributed by atoms with E-state index in [1.54, 1.807) is 0 Å². The molecule has 4 rings (SSSR count). The number of anilines is 1. The molecule has 1 N–H and O–H groups in total. The number of nitrogens with one attached hydrogen (secondary N) is 1. The van der Waals surface area contributed by atoms with Crippen molar-refractivity contribution >= 4 is 38.2 Å². The van der Waals surface area contributed by atoms with Crippen molar-refractivity contribution in [3.05, 3.63) is 39.8 Å². The molecule has 0 bridgehead atoms. The average molecular weight is 493 g/mol. The molecule has 0 spiro atoms. The van der Waals surface area contributed by atoms with Crippen LogP contribution in [0.3, 0.4) is 0 Å². The van der Waals surface area contributed by atoms with E-state index in [9.17, 15) is 18.0 Å². The lowest BCUT2D eigenvalue weighted by Gasteiger charge is -2.18. The summed E-state index contributed by atoms with van der Waals surface area (Å²) in [5.74, 6) is -0.773. The van der Waals surface area contributed by atoms with Crippen LogP contribution in [0.4, 0.5) is 5.00 Å². The maximum Gasteiger partial charge on any atom is 0.341 e. The first kappa shape index (κ1) is 23.7. The summed E-state index contributed by atoms with van der Waals surface area (Å²) in [7, 11) is -1.06. The fourth-order valence-corrected chi connectivity index (χ4v) is 7.38. The molecule has 8 nitrogen and oxygen atoms in total. The van der Waals surface area contributed by atoms with E-state index in [2.05, 4.69) is 5.32 Å². The lowest BCUT2D eigenvalue weighted by atomic mass is 10.1. The summed E-state index contributed by atoms with van der Waals surface area (Å²) < 4.78 is 38.0. The number of sulfonamides is 1. The van der Waals surface area contributed by atoms with Gasteiger partial charge >= 0.3 is 5.97 Å². The van der Waals surface area contributed by atoms with E-state index in [4.69, 9.17) is 9.47 Å². The Hall–Kier alpha value is -2.43. The largest absolute Gasteiger partial charge is 0.495 e. The normalized spacial score (nSPS) is 16.7. The van der Waals surface area contributed by atoms with E-state index in [1.807, 2.05) is 0 Å². The number of thiophene rings is 1. The molecule has 1 amide bonds. The lowest BCUT2D eigenvalue weighted by Crippen LogP contribution is -2.28. The maximum atomic E-state index is 13.2. The van der Waals surface area contributed by atoms with Crippen molar-refractivity contribution in [1.82, 2.24) is 4.31 Å². The van der Waals surface area contributed by atoms with E-state index in [-0.39, 0.29) is 16.2 Å². The SMILES string of the molecule is COC(=O)c1c(NC(=O)c2ccc(OC)c(S(=O)(=O)N3CCCC3)c2)sc2c1CCCCC2. The Balaban J connectivity index is 1.68. The van der Waals surface area contributed by atoms with Crippen molar-refractivity contribution in [2.75, 3.05) is 32.6 Å². The van der Waals surface area contributed by atoms with Gasteiger partial charge in [-0.15, -0.1) is 11.3 Å². The number of benzene rings is 1. The number of esters is 1. The van der Waals surface area contributed by atoms with Crippen LogP contribution in [-0.4, -0.2) is 51.9 Å². The molecule has 1 saturated heterocycles. The van der Waals surface area contributed by atoms with Gasteiger partial charge in [-0.3, -0.25) is 4.79 Å². The van der Waals surface area contributed by atoms with Gasteiger partial charge in [-0.2, -0.15) is 4.31 Å². The summed E-state index contributed by atoms with van der Waals surface area (Å²) in [5, 5.41) is 3.28. The monoisotopic (exact) mass is 492 g/mol. The third-order valence-corrected chi connectivity index (χ3v) is 9.27. The first-order valence-electron chi connectivity index (χ1n) is 11.1. The lowest BCUT2D eigenvalue weighted by molar-refractivity contribution is 0.0601. The molecule has 1 fully saturated rings. The molecule has 2 aromatic rings. The number of carbonyl (C=O) groups excluding carboxylic acids is 2. The first-order chi connectivity index (χ1) is 15.9. The molecular weight excluding hydrogens is 464 g/mol. The zero-order valence-corrected chi connectivity index (χ0v) is 20.4. The molecule has 1 aliphatic heterocycles. The van der Waals surface area contributed by atoms with Gasteiger partial charge in [0, 0.05) is 23.5 Å². The molecule has 1 aromatic carbocycles. The van der Waals surface area contributed by atoms with Crippen LogP contribution in [0, 0.1) is 0 Å². The minimum atomic E-state index is -3.79. The number of nitrogens with zero attached hydrogens (tertiary/aromatic N) is 1. The Bertz CT molecular complexity index is 1170. The van der Waals surface area contributed by atoms with Gasteiger partial charge in [0.2, 0.25) is 10.0 Å². The van der Waals surface area contributed by atoms with Crippen LogP contribution < -0.4 is 10.1 Å². The van der Waals surface area contributed by atoms with Crippen LogP contribution in [0.15, 0.2) is 23.1 Å². The third kappa shape index (κ3) is 4.64. The number of ether oxygens (including phenoxy) is 2. The third-order valence-electron chi connectivity index (χ3n) is 6.15. The number of carbonyl (C=O) groups is 2. The molecule has 10 heteroatoms. The number of methoxy groups -OCH3 is 2. The van der Waals surface area contributed by atoms with Crippen LogP contribution in [0.5, 0.6) is 5.75 Å². The smallest absolute Gasteiger partial charge is 0.341 e. The average Bonchev–Trinajstić information content (AvgIpc) is 3.42. The molecule has 2 heterocycles. The van der Waals surface area contributed by atoms with Crippen molar-refractivity contribution in [3.63, 3.8) is 0 Å². The second-order valence-electron chi connectivity index (χ2n) is 8.19. The molecule has 0 radical (unpaired) electrons. The van der Waals surface area contributed by atoms with Crippen LogP contribution in [0.25, 0.3) is 0 Å². The van der Waals surface area contributed by atoms with Crippen LogP contribution >= 0.6 is 11.3 Å². The quantitative estimate of drug-likeness (QED) is 0.486. The summed E-state index contributed by atoms with van der Waals surface area (Å²) in [6.45, 7) is 0.899. The second-order valence-corrected chi connectivity index (χ2v) is 11.2. The van der Waals surface area contributed by atoms with Gasteiger partial charge in [-0.1, -0.05) is 6.42 Å². The number of fused-ring (bicyclic) bond motifs is 1. The van der Waals surface area contributed by atoms with Crippen molar-refractivity contribution < 1.29 is 27.5 Å². The fourth-order valence-electron chi connectivity index (χ4n) is 4.41. The van der Waals surface area contributed by atoms with Gasteiger partial charge < -0.3 is 14.8 Å². The second kappa shape index (κ2) is 9.82. The molecule has 1 aliphatic carbocycles. The number of aryl methyl sites for hydroxylation is 1. The van der Waals surface area contributed by atoms with Crippen LogP contribution in [0.1, 0.15) is 63.3 Å². The van der Waals surface area contributed by atoms with Gasteiger partial charge in [0.05, 0.1) is 19.8 Å². The van der Waals surface area contributed by atoms with Crippen LogP contribution in [-0.2, 0) is 27.6 Å². The summed E-state index contributed by atoms with van der Waals surface area (Å²) in [4.78, 5) is 26.8. The minimum absolute atomic E-state index is 0.0327. The van der Waals surface area contributed by atoms with E-state index in [0.717, 1.165) is 55.4 Å². The summed E-state index contributed by atoms with van der Waals surface area (Å²) in [6.07, 6.45) is 6.37. The van der Waals surface area contributed by atoms with Gasteiger partial charge in [0.15, 0.2) is 0 Å². The van der Waals surface area contributed by atoms with Crippen molar-refractivity contribution in [2.45, 2.75) is 49.8 Å². The summed E-state index contributed by atoms with van der Waals surface area (Å²) in [6, 6.07) is 4.36. The highest BCUT2D eigenvalue weighted by Crippen LogP contribution is 2.38. The standard InChI is InChI=1S/C23H28N2O6S2/c1-30-17-11-10-15(14-19(17)33(28,29)25-12-6-7-13-25)21(26)24-22-20(23(27)31-2)16-8-4-3-5-9-18(16)32-22/h10-11,14H,3-9,12-13H2,1-2H3,(H,24,26). The van der Waals surface area contributed by atoms with Crippen molar-refractivity contribution in [2.24, 2.45) is 0 Å². The number of amides is 1. The van der Waals surface area contributed by atoms with E-state index in [1.165, 1.54) is 48.1 Å². The zero-order valence-electron chi connectivity index (χ0n) is 18.8. The number of rotatable bonds is 6. The topological polar surface area (TPSA) is 102 Å². The molecule has 1 aromatic heterocycles. The molecule has 0 saturated carbocycles. The van der Waals surface area contributed by atoms with Crippen LogP contribution in [0.2, 0.25) is 0 Å². The zero-order chi connectivity index (χ0) is 23.6. The van der Waals surface area contributed by atoms with E-state index < -0.39 is 21.9 Å². The van der Waals surface area contributed by atoms with Gasteiger partial charge in [-0.25, -0.2) is 13.2 Å². The predicted molar refractivity (Wildman–Crippen MR) is 126 cm³/mol. The molecule has 0 unspecified atom stereocenters. The predicted octanol–water partition coefficient (Wildman–Crippen LogP) is 3.85. The fraction of sp³-hybridized carbons (Fsp3) is 0.478. The Labute approximate surface area is 197 Å². The molecule has 33 heavy (non-hydrogen) atoms. The Morgan fingerprint density at radius 2 is 1.76 bits per heavy atom. The minimum Gasteiger partial charge on any atom is -0.495 e. The van der Waals surface area contributed by atoms with Crippen molar-refractivity contribution in [1.29, 1.82) is 0 Å². The highest BCUT2D eigenvalue weighted by atomic mass is 32.2. The van der Waals surface area contributed by atoms with E-state index >= 15 is 0 Å². The van der Waals surface area contributed by atoms with Gasteiger partial charge in [-0.05, 0) is 62.3 Å². The Morgan fingerprint density at radius 1 is 1.03 bits per heavy atom. The highest BCUT2D eigenvalue weighted by molar-refractivity contribution is 7.89. The van der Waals surface area contributed by atoms with Gasteiger partial charge in [0.25, 0.3) is 5.91 Å². The summed E-state index contributed by atoms with van der Waals surface area (Å²) >= 11 is 1.40. The summed E-state index contributed by atoms with van der Waals surface area (Å²) in [5.41, 5.74) is 1.53. The first-order valence-corrected chi connectivity index (χ1v) is 13.3. The molecule has 0 atom stereocenters. The molecule has 2 aliphatic rings. The highest BCUT2D eigenvalue weighted by Gasteiger charge is 2.31. The van der Waals surface area contributed by atoms with E-state index in [0.29, 0.717) is 23.7 Å². The van der Waals surface area contributed by atoms with Crippen molar-refractivity contribution in [3.8, 4) is 5.75 Å². The molecular formula is C23H28N2O6S2. The maximum absolute atomic E-state index is 13.2. The number of hydrogen-bond donors (Lipinski definition) is 1. The number of hydrogen-bond acceptors (Lipinski definition) is 7. The molecule has 178 valence electrons. The Morgan fingerprint density at radius 3 is 2.45 bits per heavy atom.